The summed E-state index contributed by atoms with van der Waals surface area (Å²) in [7, 11) is 1.65. The van der Waals surface area contributed by atoms with Gasteiger partial charge in [-0.3, -0.25) is 39.1 Å². The van der Waals surface area contributed by atoms with E-state index in [4.69, 9.17) is 4.74 Å². The van der Waals surface area contributed by atoms with Gasteiger partial charge in [0.2, 0.25) is 17.7 Å². The summed E-state index contributed by atoms with van der Waals surface area (Å²) in [4.78, 5) is 73.5. The number of alkyl halides is 2. The minimum Gasteiger partial charge on any atom is -0.496 e. The third kappa shape index (κ3) is 7.00. The Hall–Kier alpha value is -5.43. The number of carbonyl (C=O) groups excluding carboxylic acids is 5. The highest BCUT2D eigenvalue weighted by Gasteiger charge is 2.46. The van der Waals surface area contributed by atoms with Crippen LogP contribution in [0, 0.1) is 17.8 Å². The summed E-state index contributed by atoms with van der Waals surface area (Å²) in [6, 6.07) is 16.7. The molecule has 5 amide bonds. The standard InChI is InChI=1S/C49H53F2N5O6/c1-26-19-36-34-5-3-4-6-39(34)52-44(36)45(55(26)25-42(50)51)35-12-11-30(24-41(35)62-2)27-7-9-29(10-8-27)47(59)54-17-15-28(16-18-54)31-20-32-22-37-38(23-33(32)21-31)49(61)56(48(37)60)40-13-14-43(57)53-46(40)58/h3-6,11-12,22-24,26-29,31,40,42,45,52H,7-10,13-21,25H2,1-2H3,(H,53,57,58). The quantitative estimate of drug-likeness (QED) is 0.181. The molecule has 3 fully saturated rings. The third-order valence-corrected chi connectivity index (χ3v) is 15.2. The van der Waals surface area contributed by atoms with Crippen molar-refractivity contribution >= 4 is 40.4 Å². The minimum atomic E-state index is -2.47. The molecule has 3 unspecified atom stereocenters. The molecule has 1 saturated carbocycles. The molecule has 2 saturated heterocycles. The summed E-state index contributed by atoms with van der Waals surface area (Å²) in [5, 5.41) is 3.38. The van der Waals surface area contributed by atoms with Gasteiger partial charge in [0, 0.05) is 53.6 Å². The van der Waals surface area contributed by atoms with Gasteiger partial charge < -0.3 is 14.6 Å². The van der Waals surface area contributed by atoms with Gasteiger partial charge in [-0.1, -0.05) is 30.3 Å². The molecule has 2 aliphatic carbocycles. The zero-order valence-corrected chi connectivity index (χ0v) is 35.3. The van der Waals surface area contributed by atoms with Crippen molar-refractivity contribution in [2.45, 2.75) is 108 Å². The van der Waals surface area contributed by atoms with Crippen LogP contribution in [-0.2, 0) is 33.6 Å². The number of nitrogens with zero attached hydrogens (tertiary/aromatic N) is 3. The zero-order chi connectivity index (χ0) is 43.0. The molecule has 4 aromatic rings. The van der Waals surface area contributed by atoms with Gasteiger partial charge in [-0.05, 0) is 135 Å². The predicted octanol–water partition coefficient (Wildman–Crippen LogP) is 7.11. The van der Waals surface area contributed by atoms with Crippen molar-refractivity contribution in [2.75, 3.05) is 26.7 Å². The normalized spacial score (nSPS) is 26.0. The number of carbonyl (C=O) groups is 5. The topological polar surface area (TPSA) is 132 Å². The highest BCUT2D eigenvalue weighted by molar-refractivity contribution is 6.23. The van der Waals surface area contributed by atoms with E-state index < -0.39 is 42.1 Å². The number of ether oxygens (including phenoxy) is 1. The number of aromatic nitrogens is 1. The average Bonchev–Trinajstić information content (AvgIpc) is 3.94. The number of hydrogen-bond acceptors (Lipinski definition) is 7. The molecule has 1 aromatic heterocycles. The maximum Gasteiger partial charge on any atom is 0.262 e. The van der Waals surface area contributed by atoms with Gasteiger partial charge in [-0.25, -0.2) is 8.78 Å². The number of likely N-dealkylation sites (tertiary alicyclic amines) is 1. The SMILES string of the molecule is COc1cc(C2CCC(C(=O)N3CCC(C4Cc5cc6c(cc5C4)C(=O)N(C4CCC(=O)NC4=O)C6=O)CC3)CC2)ccc1C1c2[nH]c3ccccc3c2CC(C)N1CC(F)F. The molecule has 324 valence electrons. The lowest BCUT2D eigenvalue weighted by Gasteiger charge is -2.41. The van der Waals surface area contributed by atoms with E-state index in [2.05, 4.69) is 39.5 Å². The van der Waals surface area contributed by atoms with Crippen LogP contribution >= 0.6 is 0 Å². The number of H-pyrrole nitrogens is 1. The number of aromatic amines is 1. The molecule has 0 bridgehead atoms. The number of methoxy groups -OCH3 is 1. The Kier molecular flexibility index (Phi) is 10.5. The Balaban J connectivity index is 0.755. The van der Waals surface area contributed by atoms with E-state index in [9.17, 15) is 32.8 Å². The lowest BCUT2D eigenvalue weighted by molar-refractivity contribution is -0.138. The summed E-state index contributed by atoms with van der Waals surface area (Å²) < 4.78 is 34.2. The van der Waals surface area contributed by atoms with E-state index >= 15 is 0 Å². The van der Waals surface area contributed by atoms with Crippen LogP contribution in [0.4, 0.5) is 8.78 Å². The summed E-state index contributed by atoms with van der Waals surface area (Å²) in [6.07, 6.45) is 5.30. The van der Waals surface area contributed by atoms with Crippen molar-refractivity contribution < 1.29 is 37.5 Å². The monoisotopic (exact) mass is 845 g/mol. The molecule has 13 heteroatoms. The largest absolute Gasteiger partial charge is 0.496 e. The molecule has 4 aliphatic heterocycles. The Morgan fingerprint density at radius 3 is 2.19 bits per heavy atom. The number of benzene rings is 3. The van der Waals surface area contributed by atoms with E-state index in [-0.39, 0.29) is 43.2 Å². The lowest BCUT2D eigenvalue weighted by atomic mass is 9.77. The van der Waals surface area contributed by atoms with Gasteiger partial charge in [0.25, 0.3) is 18.2 Å². The predicted molar refractivity (Wildman–Crippen MR) is 227 cm³/mol. The first kappa shape index (κ1) is 40.6. The molecule has 5 heterocycles. The molecule has 62 heavy (non-hydrogen) atoms. The van der Waals surface area contributed by atoms with Crippen molar-refractivity contribution in [1.82, 2.24) is 25.0 Å². The van der Waals surface area contributed by atoms with E-state index in [0.29, 0.717) is 35.1 Å². The van der Waals surface area contributed by atoms with Gasteiger partial charge in [-0.2, -0.15) is 0 Å². The lowest BCUT2D eigenvalue weighted by Crippen LogP contribution is -2.54. The van der Waals surface area contributed by atoms with Crippen molar-refractivity contribution in [3.63, 3.8) is 0 Å². The first-order valence-corrected chi connectivity index (χ1v) is 22.4. The van der Waals surface area contributed by atoms with Gasteiger partial charge in [-0.15, -0.1) is 0 Å². The molecule has 6 aliphatic rings. The number of halogens is 2. The van der Waals surface area contributed by atoms with Crippen LogP contribution in [0.5, 0.6) is 5.75 Å². The van der Waals surface area contributed by atoms with Crippen LogP contribution in [0.25, 0.3) is 10.9 Å². The van der Waals surface area contributed by atoms with Gasteiger partial charge >= 0.3 is 0 Å². The van der Waals surface area contributed by atoms with E-state index in [1.54, 1.807) is 7.11 Å². The van der Waals surface area contributed by atoms with Crippen LogP contribution in [-0.4, -0.2) is 94.5 Å². The van der Waals surface area contributed by atoms with Gasteiger partial charge in [0.05, 0.1) is 30.8 Å². The minimum absolute atomic E-state index is 0.0102. The second-order valence-corrected chi connectivity index (χ2v) is 18.6. The summed E-state index contributed by atoms with van der Waals surface area (Å²) in [5.41, 5.74) is 7.98. The number of rotatable bonds is 8. The number of imide groups is 2. The molecular formula is C49H53F2N5O6. The van der Waals surface area contributed by atoms with E-state index in [0.717, 1.165) is 108 Å². The number of hydrogen-bond donors (Lipinski definition) is 2. The Morgan fingerprint density at radius 2 is 1.53 bits per heavy atom. The molecule has 0 spiro atoms. The second-order valence-electron chi connectivity index (χ2n) is 18.6. The van der Waals surface area contributed by atoms with E-state index in [1.165, 1.54) is 5.56 Å². The molecular weight excluding hydrogens is 793 g/mol. The van der Waals surface area contributed by atoms with Gasteiger partial charge in [0.1, 0.15) is 11.8 Å². The Labute approximate surface area is 359 Å². The molecule has 3 atom stereocenters. The maximum absolute atomic E-state index is 14.1. The Bertz CT molecular complexity index is 2440. The van der Waals surface area contributed by atoms with Crippen molar-refractivity contribution in [1.29, 1.82) is 0 Å². The summed E-state index contributed by atoms with van der Waals surface area (Å²) in [5.74, 6) is 0.0648. The van der Waals surface area contributed by atoms with Gasteiger partial charge in [0.15, 0.2) is 0 Å². The first-order valence-electron chi connectivity index (χ1n) is 22.4. The zero-order valence-electron chi connectivity index (χ0n) is 35.3. The van der Waals surface area contributed by atoms with E-state index in [1.807, 2.05) is 42.2 Å². The maximum atomic E-state index is 14.1. The number of piperidine rings is 2. The van der Waals surface area contributed by atoms with Crippen LogP contribution in [0.3, 0.4) is 0 Å². The molecule has 0 radical (unpaired) electrons. The van der Waals surface area contributed by atoms with Crippen LogP contribution in [0.15, 0.2) is 54.6 Å². The fraction of sp³-hybridized carbons (Fsp3) is 0.490. The van der Waals surface area contributed by atoms with Crippen molar-refractivity contribution in [3.8, 4) is 5.75 Å². The first-order chi connectivity index (χ1) is 30.0. The summed E-state index contributed by atoms with van der Waals surface area (Å²) in [6.45, 7) is 3.15. The summed E-state index contributed by atoms with van der Waals surface area (Å²) >= 11 is 0. The van der Waals surface area contributed by atoms with Crippen LogP contribution in [0.1, 0.15) is 124 Å². The Morgan fingerprint density at radius 1 is 0.839 bits per heavy atom. The van der Waals surface area contributed by atoms with Crippen LogP contribution < -0.4 is 10.1 Å². The molecule has 3 aromatic carbocycles. The molecule has 2 N–H and O–H groups in total. The molecule has 10 rings (SSSR count). The highest BCUT2D eigenvalue weighted by Crippen LogP contribution is 2.46. The second kappa shape index (κ2) is 16.0. The number of amides is 5. The number of para-hydroxylation sites is 1. The highest BCUT2D eigenvalue weighted by atomic mass is 19.3. The third-order valence-electron chi connectivity index (χ3n) is 15.2. The van der Waals surface area contributed by atoms with Crippen molar-refractivity contribution in [3.05, 3.63) is 99.2 Å². The average molecular weight is 846 g/mol. The smallest absolute Gasteiger partial charge is 0.262 e. The fourth-order valence-electron chi connectivity index (χ4n) is 12.0. The van der Waals surface area contributed by atoms with Crippen molar-refractivity contribution in [2.24, 2.45) is 17.8 Å². The van der Waals surface area contributed by atoms with Crippen LogP contribution in [0.2, 0.25) is 0 Å². The number of nitrogens with one attached hydrogen (secondary N) is 2. The fourth-order valence-corrected chi connectivity index (χ4v) is 12.0. The molecule has 11 nitrogen and oxygen atoms in total. The number of fused-ring (bicyclic) bond motifs is 5.